The minimum Gasteiger partial charge on any atom is -0.379 e. The molecule has 2 N–H and O–H groups in total. The van der Waals surface area contributed by atoms with E-state index in [-0.39, 0.29) is 24.2 Å². The third-order valence-electron chi connectivity index (χ3n) is 3.49. The zero-order valence-electron chi connectivity index (χ0n) is 11.6. The number of carbonyl (C=O) groups excluding carboxylic acids is 1. The minimum absolute atomic E-state index is 0. The molecule has 1 fully saturated rings. The lowest BCUT2D eigenvalue weighted by molar-refractivity contribution is -0.126. The predicted octanol–water partition coefficient (Wildman–Crippen LogP) is 2.18. The number of rotatable bonds is 3. The highest BCUT2D eigenvalue weighted by molar-refractivity contribution is 7.17. The van der Waals surface area contributed by atoms with Crippen LogP contribution in [0.2, 0.25) is 0 Å². The molecule has 6 heteroatoms. The number of hydrogen-bond acceptors (Lipinski definition) is 4. The maximum absolute atomic E-state index is 12.1. The fourth-order valence-corrected chi connectivity index (χ4v) is 3.10. The van der Waals surface area contributed by atoms with E-state index in [9.17, 15) is 4.79 Å². The van der Waals surface area contributed by atoms with Gasteiger partial charge in [-0.1, -0.05) is 6.07 Å². The smallest absolute Gasteiger partial charge is 0.226 e. The standard InChI is InChI=1S/C15H18N2O2S.ClH/c18-15(13-9-16-4-5-19-10-13)17-8-11-1-2-14-12(7-11)3-6-20-14;/h1-3,6-7,13,16H,4-5,8-10H2,(H,17,18);1H. The summed E-state index contributed by atoms with van der Waals surface area (Å²) in [7, 11) is 0. The average Bonchev–Trinajstić information content (AvgIpc) is 2.76. The highest BCUT2D eigenvalue weighted by Crippen LogP contribution is 2.21. The van der Waals surface area contributed by atoms with Crippen LogP contribution in [-0.2, 0) is 16.1 Å². The summed E-state index contributed by atoms with van der Waals surface area (Å²) in [5.74, 6) is -0.0350. The number of fused-ring (bicyclic) bond motifs is 1. The summed E-state index contributed by atoms with van der Waals surface area (Å²) in [6.07, 6.45) is 0. The third kappa shape index (κ3) is 4.17. The van der Waals surface area contributed by atoms with E-state index in [1.165, 1.54) is 10.1 Å². The van der Waals surface area contributed by atoms with Crippen molar-refractivity contribution in [3.8, 4) is 0 Å². The van der Waals surface area contributed by atoms with Crippen LogP contribution >= 0.6 is 23.7 Å². The normalized spacial score (nSPS) is 18.8. The molecule has 1 aliphatic heterocycles. The van der Waals surface area contributed by atoms with Crippen LogP contribution in [-0.4, -0.2) is 32.2 Å². The van der Waals surface area contributed by atoms with E-state index in [4.69, 9.17) is 4.74 Å². The molecule has 3 rings (SSSR count). The molecule has 1 aromatic heterocycles. The predicted molar refractivity (Wildman–Crippen MR) is 88.1 cm³/mol. The van der Waals surface area contributed by atoms with Crippen molar-refractivity contribution >= 4 is 39.7 Å². The first-order valence-electron chi connectivity index (χ1n) is 6.85. The summed E-state index contributed by atoms with van der Waals surface area (Å²) in [6, 6.07) is 8.42. The van der Waals surface area contributed by atoms with E-state index in [0.29, 0.717) is 26.3 Å². The lowest BCUT2D eigenvalue weighted by Crippen LogP contribution is -2.37. The van der Waals surface area contributed by atoms with Crippen LogP contribution in [0.4, 0.5) is 0 Å². The van der Waals surface area contributed by atoms with Crippen LogP contribution in [0.15, 0.2) is 29.6 Å². The lowest BCUT2D eigenvalue weighted by atomic mass is 10.1. The van der Waals surface area contributed by atoms with Crippen LogP contribution in [0.1, 0.15) is 5.56 Å². The van der Waals surface area contributed by atoms with Gasteiger partial charge in [0.2, 0.25) is 5.91 Å². The Kier molecular flexibility index (Phi) is 5.99. The Labute approximate surface area is 134 Å². The third-order valence-corrected chi connectivity index (χ3v) is 4.39. The van der Waals surface area contributed by atoms with Crippen LogP contribution in [0.5, 0.6) is 0 Å². The van der Waals surface area contributed by atoms with Crippen LogP contribution in [0.25, 0.3) is 10.1 Å². The van der Waals surface area contributed by atoms with Gasteiger partial charge >= 0.3 is 0 Å². The number of ether oxygens (including phenoxy) is 1. The molecule has 1 aliphatic rings. The van der Waals surface area contributed by atoms with Crippen LogP contribution in [0, 0.1) is 5.92 Å². The molecule has 0 radical (unpaired) electrons. The summed E-state index contributed by atoms with van der Waals surface area (Å²) in [5, 5.41) is 9.53. The first-order valence-corrected chi connectivity index (χ1v) is 7.73. The van der Waals surface area contributed by atoms with Gasteiger partial charge in [0.1, 0.15) is 0 Å². The molecule has 0 aliphatic carbocycles. The molecule has 2 aromatic rings. The highest BCUT2D eigenvalue weighted by atomic mass is 35.5. The maximum atomic E-state index is 12.1. The van der Waals surface area contributed by atoms with Gasteiger partial charge in [-0.25, -0.2) is 0 Å². The molecule has 114 valence electrons. The zero-order chi connectivity index (χ0) is 13.8. The van der Waals surface area contributed by atoms with Crippen molar-refractivity contribution in [3.63, 3.8) is 0 Å². The quantitative estimate of drug-likeness (QED) is 0.909. The van der Waals surface area contributed by atoms with Crippen molar-refractivity contribution in [1.82, 2.24) is 10.6 Å². The summed E-state index contributed by atoms with van der Waals surface area (Å²) >= 11 is 1.73. The SMILES string of the molecule is Cl.O=C(NCc1ccc2sccc2c1)C1CNCCOC1. The van der Waals surface area contributed by atoms with Crippen molar-refractivity contribution in [3.05, 3.63) is 35.2 Å². The van der Waals surface area contributed by atoms with Crippen molar-refractivity contribution in [1.29, 1.82) is 0 Å². The van der Waals surface area contributed by atoms with Gasteiger partial charge in [0.05, 0.1) is 19.1 Å². The number of hydrogen-bond donors (Lipinski definition) is 2. The number of amides is 1. The van der Waals surface area contributed by atoms with Crippen LogP contribution < -0.4 is 10.6 Å². The zero-order valence-corrected chi connectivity index (χ0v) is 13.3. The lowest BCUT2D eigenvalue weighted by Gasteiger charge is -2.14. The first kappa shape index (κ1) is 16.2. The average molecular weight is 327 g/mol. The molecular weight excluding hydrogens is 308 g/mol. The van der Waals surface area contributed by atoms with Gasteiger partial charge in [-0.05, 0) is 34.5 Å². The Balaban J connectivity index is 0.00000161. The number of nitrogens with one attached hydrogen (secondary N) is 2. The van der Waals surface area contributed by atoms with E-state index < -0.39 is 0 Å². The summed E-state index contributed by atoms with van der Waals surface area (Å²) in [6.45, 7) is 3.26. The van der Waals surface area contributed by atoms with E-state index in [0.717, 1.165) is 12.1 Å². The molecule has 1 aromatic carbocycles. The van der Waals surface area contributed by atoms with Gasteiger partial charge in [0.15, 0.2) is 0 Å². The van der Waals surface area contributed by atoms with E-state index >= 15 is 0 Å². The molecule has 2 heterocycles. The Morgan fingerprint density at radius 3 is 3.24 bits per heavy atom. The number of halogens is 1. The maximum Gasteiger partial charge on any atom is 0.226 e. The second-order valence-electron chi connectivity index (χ2n) is 4.99. The first-order chi connectivity index (χ1) is 9.83. The topological polar surface area (TPSA) is 50.4 Å². The van der Waals surface area contributed by atoms with Crippen molar-refractivity contribution in [2.24, 2.45) is 5.92 Å². The van der Waals surface area contributed by atoms with E-state index in [1.807, 2.05) is 0 Å². The molecule has 0 spiro atoms. The molecule has 0 bridgehead atoms. The van der Waals surface area contributed by atoms with Gasteiger partial charge in [-0.2, -0.15) is 0 Å². The second kappa shape index (κ2) is 7.75. The number of thiophene rings is 1. The summed E-state index contributed by atoms with van der Waals surface area (Å²) in [4.78, 5) is 12.1. The largest absolute Gasteiger partial charge is 0.379 e. The molecule has 21 heavy (non-hydrogen) atoms. The molecule has 1 atom stereocenters. The van der Waals surface area contributed by atoms with Gasteiger partial charge in [-0.15, -0.1) is 23.7 Å². The molecule has 1 saturated heterocycles. The molecule has 4 nitrogen and oxygen atoms in total. The summed E-state index contributed by atoms with van der Waals surface area (Å²) in [5.41, 5.74) is 1.13. The Bertz CT molecular complexity index is 594. The molecule has 1 unspecified atom stereocenters. The van der Waals surface area contributed by atoms with Gasteiger partial charge in [-0.3, -0.25) is 4.79 Å². The second-order valence-corrected chi connectivity index (χ2v) is 5.93. The Hall–Kier alpha value is -1.14. The van der Waals surface area contributed by atoms with Crippen molar-refractivity contribution in [2.75, 3.05) is 26.3 Å². The van der Waals surface area contributed by atoms with Gasteiger partial charge in [0, 0.05) is 24.3 Å². The van der Waals surface area contributed by atoms with E-state index in [1.54, 1.807) is 11.3 Å². The van der Waals surface area contributed by atoms with Crippen molar-refractivity contribution in [2.45, 2.75) is 6.54 Å². The summed E-state index contributed by atoms with van der Waals surface area (Å²) < 4.78 is 6.68. The van der Waals surface area contributed by atoms with Gasteiger partial charge in [0.25, 0.3) is 0 Å². The van der Waals surface area contributed by atoms with E-state index in [2.05, 4.69) is 40.3 Å². The number of carbonyl (C=O) groups is 1. The molecular formula is C15H19ClN2O2S. The van der Waals surface area contributed by atoms with Gasteiger partial charge < -0.3 is 15.4 Å². The molecule has 1 amide bonds. The van der Waals surface area contributed by atoms with Crippen molar-refractivity contribution < 1.29 is 9.53 Å². The molecule has 0 saturated carbocycles. The number of benzene rings is 1. The van der Waals surface area contributed by atoms with Crippen LogP contribution in [0.3, 0.4) is 0 Å². The minimum atomic E-state index is -0.0950. The monoisotopic (exact) mass is 326 g/mol. The highest BCUT2D eigenvalue weighted by Gasteiger charge is 2.20. The Morgan fingerprint density at radius 2 is 2.33 bits per heavy atom. The fraction of sp³-hybridized carbons (Fsp3) is 0.400. The fourth-order valence-electron chi connectivity index (χ4n) is 2.33. The Morgan fingerprint density at radius 1 is 1.43 bits per heavy atom.